The van der Waals surface area contributed by atoms with Gasteiger partial charge in [-0.1, -0.05) is 12.1 Å². The molecule has 0 aliphatic rings. The van der Waals surface area contributed by atoms with Gasteiger partial charge in [0.25, 0.3) is 0 Å². The van der Waals surface area contributed by atoms with Gasteiger partial charge in [0.15, 0.2) is 0 Å². The van der Waals surface area contributed by atoms with E-state index in [4.69, 9.17) is 0 Å². The van der Waals surface area contributed by atoms with Crippen LogP contribution in [0.15, 0.2) is 42.9 Å². The average Bonchev–Trinajstić information content (AvgIpc) is 2.47. The molecule has 0 fully saturated rings. The summed E-state index contributed by atoms with van der Waals surface area (Å²) in [6, 6.07) is 9.67. The van der Waals surface area contributed by atoms with Crippen molar-refractivity contribution in [1.29, 1.82) is 0 Å². The molecule has 19 heavy (non-hydrogen) atoms. The van der Waals surface area contributed by atoms with E-state index >= 15 is 0 Å². The SMILES string of the molecule is CNC(=O)Cc1ccc(NCc2ccncn2)cc1. The molecule has 2 rings (SSSR count). The zero-order chi connectivity index (χ0) is 13.5. The molecule has 0 aliphatic carbocycles. The van der Waals surface area contributed by atoms with Gasteiger partial charge in [0.2, 0.25) is 5.91 Å². The third-order valence-electron chi connectivity index (χ3n) is 2.71. The van der Waals surface area contributed by atoms with Gasteiger partial charge in [0.1, 0.15) is 6.33 Å². The van der Waals surface area contributed by atoms with E-state index in [0.717, 1.165) is 16.9 Å². The highest BCUT2D eigenvalue weighted by Crippen LogP contribution is 2.11. The Balaban J connectivity index is 1.90. The van der Waals surface area contributed by atoms with Crippen LogP contribution < -0.4 is 10.6 Å². The van der Waals surface area contributed by atoms with Crippen molar-refractivity contribution in [1.82, 2.24) is 15.3 Å². The minimum absolute atomic E-state index is 0.0155. The summed E-state index contributed by atoms with van der Waals surface area (Å²) in [7, 11) is 1.64. The van der Waals surface area contributed by atoms with E-state index in [1.165, 1.54) is 6.33 Å². The summed E-state index contributed by atoms with van der Waals surface area (Å²) >= 11 is 0. The van der Waals surface area contributed by atoms with Crippen molar-refractivity contribution >= 4 is 11.6 Å². The number of nitrogens with zero attached hydrogens (tertiary/aromatic N) is 2. The third-order valence-corrected chi connectivity index (χ3v) is 2.71. The van der Waals surface area contributed by atoms with Crippen LogP contribution in [0.4, 0.5) is 5.69 Å². The number of anilines is 1. The van der Waals surface area contributed by atoms with Crippen molar-refractivity contribution in [3.63, 3.8) is 0 Å². The minimum atomic E-state index is 0.0155. The highest BCUT2D eigenvalue weighted by Gasteiger charge is 2.01. The van der Waals surface area contributed by atoms with Crippen LogP contribution in [0, 0.1) is 0 Å². The van der Waals surface area contributed by atoms with E-state index in [2.05, 4.69) is 20.6 Å². The summed E-state index contributed by atoms with van der Waals surface area (Å²) in [5.41, 5.74) is 2.93. The van der Waals surface area contributed by atoms with Crippen LogP contribution in [-0.4, -0.2) is 22.9 Å². The lowest BCUT2D eigenvalue weighted by molar-refractivity contribution is -0.119. The first-order valence-electron chi connectivity index (χ1n) is 6.06. The summed E-state index contributed by atoms with van der Waals surface area (Å²) in [5, 5.41) is 5.87. The normalized spacial score (nSPS) is 9.95. The quantitative estimate of drug-likeness (QED) is 0.848. The summed E-state index contributed by atoms with van der Waals surface area (Å²) < 4.78 is 0. The number of likely N-dealkylation sites (N-methyl/N-ethyl adjacent to an activating group) is 1. The number of benzene rings is 1. The molecule has 1 aromatic heterocycles. The lowest BCUT2D eigenvalue weighted by Crippen LogP contribution is -2.19. The first-order chi connectivity index (χ1) is 9.28. The van der Waals surface area contributed by atoms with Gasteiger partial charge in [-0.15, -0.1) is 0 Å². The van der Waals surface area contributed by atoms with E-state index in [1.807, 2.05) is 30.3 Å². The maximum Gasteiger partial charge on any atom is 0.224 e. The zero-order valence-corrected chi connectivity index (χ0v) is 10.8. The molecule has 0 spiro atoms. The summed E-state index contributed by atoms with van der Waals surface area (Å²) in [4.78, 5) is 19.2. The van der Waals surface area contributed by atoms with E-state index in [1.54, 1.807) is 13.2 Å². The largest absolute Gasteiger partial charge is 0.379 e. The number of carbonyl (C=O) groups excluding carboxylic acids is 1. The molecular weight excluding hydrogens is 240 g/mol. The second-order valence-corrected chi connectivity index (χ2v) is 4.10. The zero-order valence-electron chi connectivity index (χ0n) is 10.8. The Bertz CT molecular complexity index is 525. The lowest BCUT2D eigenvalue weighted by atomic mass is 10.1. The fourth-order valence-corrected chi connectivity index (χ4v) is 1.63. The molecule has 0 aliphatic heterocycles. The average molecular weight is 256 g/mol. The minimum Gasteiger partial charge on any atom is -0.379 e. The Labute approximate surface area is 112 Å². The first-order valence-corrected chi connectivity index (χ1v) is 6.06. The Morgan fingerprint density at radius 1 is 1.21 bits per heavy atom. The van der Waals surface area contributed by atoms with Crippen LogP contribution in [0.2, 0.25) is 0 Å². The van der Waals surface area contributed by atoms with Crippen LogP contribution >= 0.6 is 0 Å². The molecule has 5 heteroatoms. The molecule has 1 heterocycles. The second kappa shape index (κ2) is 6.49. The number of hydrogen-bond donors (Lipinski definition) is 2. The smallest absolute Gasteiger partial charge is 0.224 e. The van der Waals surface area contributed by atoms with Gasteiger partial charge in [-0.05, 0) is 23.8 Å². The fourth-order valence-electron chi connectivity index (χ4n) is 1.63. The van der Waals surface area contributed by atoms with Crippen molar-refractivity contribution in [2.45, 2.75) is 13.0 Å². The molecule has 2 aromatic rings. The van der Waals surface area contributed by atoms with Crippen molar-refractivity contribution < 1.29 is 4.79 Å². The number of hydrogen-bond acceptors (Lipinski definition) is 4. The van der Waals surface area contributed by atoms with Crippen LogP contribution in [0.25, 0.3) is 0 Å². The van der Waals surface area contributed by atoms with Crippen molar-refractivity contribution in [3.8, 4) is 0 Å². The number of nitrogens with one attached hydrogen (secondary N) is 2. The van der Waals surface area contributed by atoms with E-state index in [0.29, 0.717) is 13.0 Å². The standard InChI is InChI=1S/C14H16N4O/c1-15-14(19)8-11-2-4-12(5-3-11)17-9-13-6-7-16-10-18-13/h2-7,10,17H,8-9H2,1H3,(H,15,19). The van der Waals surface area contributed by atoms with Crippen LogP contribution in [0.3, 0.4) is 0 Å². The molecule has 0 radical (unpaired) electrons. The molecule has 1 amide bonds. The Hall–Kier alpha value is -2.43. The van der Waals surface area contributed by atoms with Crippen molar-refractivity contribution in [3.05, 3.63) is 54.1 Å². The Morgan fingerprint density at radius 2 is 2.00 bits per heavy atom. The molecule has 0 atom stereocenters. The summed E-state index contributed by atoms with van der Waals surface area (Å²) in [6.45, 7) is 0.650. The first kappa shape index (κ1) is 13.0. The number of rotatable bonds is 5. The number of amides is 1. The van der Waals surface area contributed by atoms with Gasteiger partial charge in [-0.25, -0.2) is 9.97 Å². The Morgan fingerprint density at radius 3 is 2.63 bits per heavy atom. The molecular formula is C14H16N4O. The molecule has 98 valence electrons. The summed E-state index contributed by atoms with van der Waals surface area (Å²) in [6.07, 6.45) is 3.66. The van der Waals surface area contributed by atoms with E-state index in [9.17, 15) is 4.79 Å². The van der Waals surface area contributed by atoms with Gasteiger partial charge < -0.3 is 10.6 Å². The topological polar surface area (TPSA) is 66.9 Å². The Kier molecular flexibility index (Phi) is 4.44. The second-order valence-electron chi connectivity index (χ2n) is 4.10. The molecule has 0 bridgehead atoms. The monoisotopic (exact) mass is 256 g/mol. The van der Waals surface area contributed by atoms with Gasteiger partial charge >= 0.3 is 0 Å². The molecule has 0 saturated heterocycles. The predicted octanol–water partition coefficient (Wildman–Crippen LogP) is 1.38. The third kappa shape index (κ3) is 4.06. The fraction of sp³-hybridized carbons (Fsp3) is 0.214. The predicted molar refractivity (Wildman–Crippen MR) is 73.6 cm³/mol. The van der Waals surface area contributed by atoms with Gasteiger partial charge in [0, 0.05) is 18.9 Å². The number of aromatic nitrogens is 2. The van der Waals surface area contributed by atoms with Crippen molar-refractivity contribution in [2.24, 2.45) is 0 Å². The van der Waals surface area contributed by atoms with Crippen LogP contribution in [-0.2, 0) is 17.8 Å². The lowest BCUT2D eigenvalue weighted by Gasteiger charge is -2.07. The van der Waals surface area contributed by atoms with E-state index in [-0.39, 0.29) is 5.91 Å². The number of carbonyl (C=O) groups is 1. The molecule has 2 N–H and O–H groups in total. The van der Waals surface area contributed by atoms with E-state index < -0.39 is 0 Å². The maximum atomic E-state index is 11.2. The molecule has 0 unspecified atom stereocenters. The highest BCUT2D eigenvalue weighted by atomic mass is 16.1. The highest BCUT2D eigenvalue weighted by molar-refractivity contribution is 5.78. The maximum absolute atomic E-state index is 11.2. The van der Waals surface area contributed by atoms with Crippen LogP contribution in [0.5, 0.6) is 0 Å². The van der Waals surface area contributed by atoms with Gasteiger partial charge in [-0.3, -0.25) is 4.79 Å². The van der Waals surface area contributed by atoms with Gasteiger partial charge in [-0.2, -0.15) is 0 Å². The van der Waals surface area contributed by atoms with Crippen molar-refractivity contribution in [2.75, 3.05) is 12.4 Å². The molecule has 1 aromatic carbocycles. The molecule has 0 saturated carbocycles. The van der Waals surface area contributed by atoms with Gasteiger partial charge in [0.05, 0.1) is 18.7 Å². The summed E-state index contributed by atoms with van der Waals surface area (Å²) in [5.74, 6) is 0.0155. The van der Waals surface area contributed by atoms with Crippen LogP contribution in [0.1, 0.15) is 11.3 Å². The molecule has 5 nitrogen and oxygen atoms in total.